The van der Waals surface area contributed by atoms with Gasteiger partial charge in [0.05, 0.1) is 23.4 Å². The summed E-state index contributed by atoms with van der Waals surface area (Å²) in [5, 5.41) is 12.2. The predicted molar refractivity (Wildman–Crippen MR) is 165 cm³/mol. The number of hydrogen-bond acceptors (Lipinski definition) is 9. The first-order valence-electron chi connectivity index (χ1n) is 14.7. The number of anilines is 2. The van der Waals surface area contributed by atoms with Gasteiger partial charge in [0.2, 0.25) is 0 Å². The molecule has 1 saturated heterocycles. The van der Waals surface area contributed by atoms with Crippen LogP contribution in [-0.4, -0.2) is 41.4 Å². The molecule has 1 unspecified atom stereocenters. The molecule has 3 aromatic rings. The van der Waals surface area contributed by atoms with Crippen molar-refractivity contribution in [3.05, 3.63) is 71.2 Å². The quantitative estimate of drug-likeness (QED) is 0.409. The average Bonchev–Trinajstić information content (AvgIpc) is 3.26. The third kappa shape index (κ3) is 6.64. The smallest absolute Gasteiger partial charge is 0.281 e. The lowest BCUT2D eigenvalue weighted by Gasteiger charge is -2.34. The fourth-order valence-electron chi connectivity index (χ4n) is 5.99. The van der Waals surface area contributed by atoms with E-state index in [0.29, 0.717) is 36.9 Å². The Morgan fingerprint density at radius 2 is 1.91 bits per heavy atom. The zero-order chi connectivity index (χ0) is 31.0. The summed E-state index contributed by atoms with van der Waals surface area (Å²) in [6.07, 6.45) is 5.25. The number of carbonyl (C=O) groups is 1. The van der Waals surface area contributed by atoms with E-state index in [1.54, 1.807) is 30.5 Å². The highest BCUT2D eigenvalue weighted by molar-refractivity contribution is 7.90. The summed E-state index contributed by atoms with van der Waals surface area (Å²) in [6, 6.07) is 14.0. The van der Waals surface area contributed by atoms with Gasteiger partial charge in [-0.15, -0.1) is 0 Å². The molecule has 1 amide bonds. The summed E-state index contributed by atoms with van der Waals surface area (Å²) in [5.74, 6) is 0.411. The van der Waals surface area contributed by atoms with E-state index >= 15 is 0 Å². The molecule has 0 saturated carbocycles. The van der Waals surface area contributed by atoms with E-state index in [9.17, 15) is 13.2 Å². The molecular formula is C32H39N7O3S. The highest BCUT2D eigenvalue weighted by Gasteiger charge is 2.41. The van der Waals surface area contributed by atoms with Crippen molar-refractivity contribution in [2.24, 2.45) is 5.92 Å². The first-order chi connectivity index (χ1) is 20.3. The van der Waals surface area contributed by atoms with Crippen LogP contribution in [0, 0.1) is 17.2 Å². The number of nitriles is 1. The molecule has 0 radical (unpaired) electrons. The third-order valence-corrected chi connectivity index (χ3v) is 9.48. The summed E-state index contributed by atoms with van der Waals surface area (Å²) in [6.45, 7) is 11.1. The number of pyridine rings is 3. The molecule has 4 bridgehead atoms. The number of nitrogens with one attached hydrogen (secondary N) is 2. The van der Waals surface area contributed by atoms with E-state index < -0.39 is 15.9 Å². The second-order valence-corrected chi connectivity index (χ2v) is 14.8. The van der Waals surface area contributed by atoms with Crippen LogP contribution >= 0.6 is 0 Å². The van der Waals surface area contributed by atoms with E-state index in [1.807, 2.05) is 12.1 Å². The summed E-state index contributed by atoms with van der Waals surface area (Å²) in [4.78, 5) is 29.8. The van der Waals surface area contributed by atoms with E-state index in [-0.39, 0.29) is 27.6 Å². The lowest BCUT2D eigenvalue weighted by molar-refractivity contribution is 0.0981. The molecule has 5 heterocycles. The second-order valence-electron chi connectivity index (χ2n) is 13.1. The Morgan fingerprint density at radius 1 is 1.12 bits per heavy atom. The second kappa shape index (κ2) is 11.6. The Balaban J connectivity index is 1.60. The van der Waals surface area contributed by atoms with Crippen molar-refractivity contribution in [3.8, 4) is 6.07 Å². The van der Waals surface area contributed by atoms with E-state index in [1.165, 1.54) is 6.07 Å². The van der Waals surface area contributed by atoms with E-state index in [4.69, 9.17) is 10.2 Å². The SMILES string of the molecule is CC(C)(C)c1ccc2c(n1)N1C[C@@H](CCC(c3cc(CCC#N)ccn3)Nc3cccc(n3)S(=O)(=O)NC2=O)CC1(C)C. The maximum atomic E-state index is 13.6. The molecule has 10 nitrogen and oxygen atoms in total. The zero-order valence-corrected chi connectivity index (χ0v) is 26.2. The van der Waals surface area contributed by atoms with Gasteiger partial charge in [-0.25, -0.2) is 14.7 Å². The number of nitrogens with zero attached hydrogens (tertiary/aromatic N) is 5. The number of sulfonamides is 1. The van der Waals surface area contributed by atoms with Crippen molar-refractivity contribution in [2.75, 3.05) is 16.8 Å². The highest BCUT2D eigenvalue weighted by Crippen LogP contribution is 2.41. The minimum Gasteiger partial charge on any atom is -0.362 e. The Labute approximate surface area is 254 Å². The molecule has 2 atom stereocenters. The fraction of sp³-hybridized carbons (Fsp3) is 0.469. The Kier molecular flexibility index (Phi) is 8.18. The largest absolute Gasteiger partial charge is 0.362 e. The summed E-state index contributed by atoms with van der Waals surface area (Å²) < 4.78 is 29.1. The van der Waals surface area contributed by atoms with Crippen LogP contribution in [0.5, 0.6) is 0 Å². The van der Waals surface area contributed by atoms with Crippen molar-refractivity contribution < 1.29 is 13.2 Å². The van der Waals surface area contributed by atoms with Gasteiger partial charge in [0.25, 0.3) is 15.9 Å². The highest BCUT2D eigenvalue weighted by atomic mass is 32.2. The lowest BCUT2D eigenvalue weighted by atomic mass is 9.90. The number of fused-ring (bicyclic) bond motifs is 6. The molecule has 0 aromatic carbocycles. The van der Waals surface area contributed by atoms with Crippen molar-refractivity contribution in [3.63, 3.8) is 0 Å². The number of amides is 1. The maximum absolute atomic E-state index is 13.6. The van der Waals surface area contributed by atoms with Gasteiger partial charge in [-0.05, 0) is 87.4 Å². The van der Waals surface area contributed by atoms with Crippen LogP contribution in [0.1, 0.15) is 93.7 Å². The van der Waals surface area contributed by atoms with E-state index in [2.05, 4.69) is 65.6 Å². The van der Waals surface area contributed by atoms with Crippen molar-refractivity contribution in [1.82, 2.24) is 19.7 Å². The van der Waals surface area contributed by atoms with E-state index in [0.717, 1.165) is 36.2 Å². The number of aromatic nitrogens is 3. The molecule has 2 aliphatic heterocycles. The summed E-state index contributed by atoms with van der Waals surface area (Å²) in [5.41, 5.74) is 2.27. The third-order valence-electron chi connectivity index (χ3n) is 8.24. The Bertz CT molecular complexity index is 1670. The molecule has 0 spiro atoms. The topological polar surface area (TPSA) is 141 Å². The molecule has 0 aliphatic carbocycles. The minimum atomic E-state index is -4.29. The first kappa shape index (κ1) is 30.4. The standard InChI is InChI=1S/C32H39N7O3S/c1-31(2,3)26-14-12-23-29(36-26)39-20-22(19-32(39,4)5)11-13-24(25-18-21(8-7-16-33)15-17-34-25)35-27-9-6-10-28(37-27)43(41,42)38-30(23)40/h6,9-10,12,14-15,17-18,22,24H,7-8,11,13,19-20H2,1-5H3,(H,35,37)(H,38,40)/t22-,24?/m0/s1. The predicted octanol–water partition coefficient (Wildman–Crippen LogP) is 5.30. The Morgan fingerprint density at radius 3 is 2.65 bits per heavy atom. The van der Waals surface area contributed by atoms with Gasteiger partial charge in [-0.2, -0.15) is 13.7 Å². The first-order valence-corrected chi connectivity index (χ1v) is 16.2. The molecule has 2 N–H and O–H groups in total. The summed E-state index contributed by atoms with van der Waals surface area (Å²) in [7, 11) is -4.29. The normalized spacial score (nSPS) is 21.4. The minimum absolute atomic E-state index is 0.214. The lowest BCUT2D eigenvalue weighted by Crippen LogP contribution is -2.41. The Hall–Kier alpha value is -4.04. The van der Waals surface area contributed by atoms with Crippen LogP contribution < -0.4 is 14.9 Å². The van der Waals surface area contributed by atoms with Crippen LogP contribution in [0.15, 0.2) is 53.7 Å². The number of aryl methyl sites for hydroxylation is 1. The van der Waals surface area contributed by atoms with Gasteiger partial charge in [-0.3, -0.25) is 9.78 Å². The molecule has 3 aromatic heterocycles. The van der Waals surface area contributed by atoms with Crippen LogP contribution in [-0.2, 0) is 21.9 Å². The van der Waals surface area contributed by atoms with Gasteiger partial charge < -0.3 is 10.2 Å². The molecule has 2 aliphatic rings. The van der Waals surface area contributed by atoms with Crippen molar-refractivity contribution in [2.45, 2.75) is 88.7 Å². The van der Waals surface area contributed by atoms with Crippen molar-refractivity contribution in [1.29, 1.82) is 5.26 Å². The molecule has 11 heteroatoms. The number of rotatable bonds is 3. The molecule has 1 fully saturated rings. The molecular weight excluding hydrogens is 562 g/mol. The van der Waals surface area contributed by atoms with Gasteiger partial charge in [-0.1, -0.05) is 26.8 Å². The van der Waals surface area contributed by atoms with Crippen LogP contribution in [0.25, 0.3) is 0 Å². The van der Waals surface area contributed by atoms with Crippen LogP contribution in [0.4, 0.5) is 11.6 Å². The fourth-order valence-corrected chi connectivity index (χ4v) is 6.93. The number of hydrogen-bond donors (Lipinski definition) is 2. The monoisotopic (exact) mass is 601 g/mol. The maximum Gasteiger partial charge on any atom is 0.281 e. The molecule has 226 valence electrons. The van der Waals surface area contributed by atoms with Gasteiger partial charge in [0, 0.05) is 35.8 Å². The van der Waals surface area contributed by atoms with Crippen LogP contribution in [0.2, 0.25) is 0 Å². The molecule has 43 heavy (non-hydrogen) atoms. The zero-order valence-electron chi connectivity index (χ0n) is 25.4. The van der Waals surface area contributed by atoms with Crippen molar-refractivity contribution >= 4 is 27.6 Å². The van der Waals surface area contributed by atoms with Gasteiger partial charge in [0.15, 0.2) is 5.03 Å². The summed E-state index contributed by atoms with van der Waals surface area (Å²) >= 11 is 0. The average molecular weight is 602 g/mol. The van der Waals surface area contributed by atoms with Gasteiger partial charge >= 0.3 is 0 Å². The van der Waals surface area contributed by atoms with Gasteiger partial charge in [0.1, 0.15) is 11.6 Å². The number of carbonyl (C=O) groups excluding carboxylic acids is 1. The van der Waals surface area contributed by atoms with Crippen LogP contribution in [0.3, 0.4) is 0 Å². The molecule has 5 rings (SSSR count).